The molecule has 1 heterocycles. The van der Waals surface area contributed by atoms with Crippen LogP contribution in [0, 0.1) is 5.41 Å². The van der Waals surface area contributed by atoms with Gasteiger partial charge in [-0.2, -0.15) is 0 Å². The highest BCUT2D eigenvalue weighted by molar-refractivity contribution is 6.01. The van der Waals surface area contributed by atoms with Crippen molar-refractivity contribution >= 4 is 11.8 Å². The van der Waals surface area contributed by atoms with Crippen LogP contribution in [-0.2, 0) is 22.5 Å². The summed E-state index contributed by atoms with van der Waals surface area (Å²) >= 11 is 0. The van der Waals surface area contributed by atoms with E-state index in [9.17, 15) is 4.79 Å². The number of carbonyl (C=O) groups is 1. The average Bonchev–Trinajstić information content (AvgIpc) is 3.41. The summed E-state index contributed by atoms with van der Waals surface area (Å²) in [6.07, 6.45) is 0.740. The minimum Gasteiger partial charge on any atom is -0.497 e. The molecule has 0 aromatic heterocycles. The number of aliphatic hydroxyl groups excluding tert-OH is 1. The number of methoxy groups -OCH3 is 1. The third kappa shape index (κ3) is 8.09. The molecule has 0 saturated heterocycles. The molecule has 232 valence electrons. The Kier molecular flexibility index (Phi) is 10.9. The van der Waals surface area contributed by atoms with Crippen LogP contribution in [0.15, 0.2) is 82.9 Å². The van der Waals surface area contributed by atoms with Crippen molar-refractivity contribution in [3.05, 3.63) is 105 Å². The number of aliphatic hydroxyl groups is 1. The van der Waals surface area contributed by atoms with Crippen LogP contribution < -0.4 is 14.8 Å². The van der Waals surface area contributed by atoms with E-state index in [0.717, 1.165) is 23.1 Å². The number of hydrogen-bond acceptors (Lipinski definition) is 7. The highest BCUT2D eigenvalue weighted by atomic mass is 16.5. The molecule has 4 rings (SSSR count). The number of carbonyl (C=O) groups excluding carboxylic acids is 1. The van der Waals surface area contributed by atoms with Crippen LogP contribution >= 0.6 is 0 Å². The predicted molar refractivity (Wildman–Crippen MR) is 170 cm³/mol. The lowest BCUT2D eigenvalue weighted by Gasteiger charge is -2.32. The van der Waals surface area contributed by atoms with E-state index in [0.29, 0.717) is 42.5 Å². The SMILES string of the molecule is COc1cccc([C@H]2OC(c3ccc(OCCCO)cc3)=N[C@@]2(Cc2ccccc2CN=[N+]=[N-])C(=O)NCCC(C)(C)C)c1. The first-order valence-corrected chi connectivity index (χ1v) is 14.8. The van der Waals surface area contributed by atoms with Crippen molar-refractivity contribution in [3.63, 3.8) is 0 Å². The van der Waals surface area contributed by atoms with E-state index in [4.69, 9.17) is 29.8 Å². The van der Waals surface area contributed by atoms with E-state index in [1.54, 1.807) is 7.11 Å². The van der Waals surface area contributed by atoms with E-state index < -0.39 is 11.6 Å². The monoisotopic (exact) mass is 599 g/mol. The lowest BCUT2D eigenvalue weighted by atomic mass is 9.80. The molecule has 0 fully saturated rings. The Morgan fingerprint density at radius 2 is 1.84 bits per heavy atom. The minimum absolute atomic E-state index is 0.0239. The zero-order chi connectivity index (χ0) is 31.6. The van der Waals surface area contributed by atoms with Gasteiger partial charge in [0, 0.05) is 36.5 Å². The molecule has 0 radical (unpaired) electrons. The second-order valence-corrected chi connectivity index (χ2v) is 12.0. The molecule has 0 aliphatic carbocycles. The summed E-state index contributed by atoms with van der Waals surface area (Å²) < 4.78 is 17.9. The first-order chi connectivity index (χ1) is 21.2. The first-order valence-electron chi connectivity index (χ1n) is 14.8. The molecule has 1 amide bonds. The summed E-state index contributed by atoms with van der Waals surface area (Å²) in [5.41, 5.74) is 10.7. The summed E-state index contributed by atoms with van der Waals surface area (Å²) in [5, 5.41) is 16.0. The number of aliphatic imine (C=N–C) groups is 1. The van der Waals surface area contributed by atoms with E-state index in [2.05, 4.69) is 36.1 Å². The van der Waals surface area contributed by atoms with Gasteiger partial charge in [0.25, 0.3) is 5.91 Å². The normalized spacial score (nSPS) is 17.7. The molecular formula is C34H41N5O5. The van der Waals surface area contributed by atoms with Gasteiger partial charge in [-0.3, -0.25) is 4.79 Å². The van der Waals surface area contributed by atoms with Crippen LogP contribution in [0.2, 0.25) is 0 Å². The summed E-state index contributed by atoms with van der Waals surface area (Å²) in [4.78, 5) is 22.5. The van der Waals surface area contributed by atoms with E-state index in [1.165, 1.54) is 0 Å². The summed E-state index contributed by atoms with van der Waals surface area (Å²) in [5.74, 6) is 1.36. The Hall–Kier alpha value is -4.53. The maximum Gasteiger partial charge on any atom is 0.252 e. The highest BCUT2D eigenvalue weighted by Gasteiger charge is 2.53. The zero-order valence-corrected chi connectivity index (χ0v) is 25.8. The van der Waals surface area contributed by atoms with E-state index in [1.807, 2.05) is 72.8 Å². The van der Waals surface area contributed by atoms with Gasteiger partial charge in [0.05, 0.1) is 20.3 Å². The third-order valence-corrected chi connectivity index (χ3v) is 7.47. The van der Waals surface area contributed by atoms with Crippen molar-refractivity contribution in [1.29, 1.82) is 0 Å². The second kappa shape index (κ2) is 14.8. The number of benzene rings is 3. The maximum atomic E-state index is 14.4. The first kappa shape index (κ1) is 32.4. The van der Waals surface area contributed by atoms with Crippen LogP contribution in [0.5, 0.6) is 11.5 Å². The fraction of sp³-hybridized carbons (Fsp3) is 0.412. The van der Waals surface area contributed by atoms with Gasteiger partial charge in [-0.15, -0.1) is 0 Å². The summed E-state index contributed by atoms with van der Waals surface area (Å²) in [7, 11) is 1.60. The van der Waals surface area contributed by atoms with Gasteiger partial charge >= 0.3 is 0 Å². The Morgan fingerprint density at radius 3 is 2.52 bits per heavy atom. The molecule has 1 aliphatic heterocycles. The van der Waals surface area contributed by atoms with Crippen molar-refractivity contribution in [2.75, 3.05) is 26.9 Å². The smallest absolute Gasteiger partial charge is 0.252 e. The third-order valence-electron chi connectivity index (χ3n) is 7.47. The summed E-state index contributed by atoms with van der Waals surface area (Å²) in [6.45, 7) is 7.47. The lowest BCUT2D eigenvalue weighted by Crippen LogP contribution is -2.50. The van der Waals surface area contributed by atoms with Crippen molar-refractivity contribution in [2.45, 2.75) is 58.2 Å². The molecular weight excluding hydrogens is 558 g/mol. The van der Waals surface area contributed by atoms with Gasteiger partial charge in [-0.1, -0.05) is 62.3 Å². The quantitative estimate of drug-likeness (QED) is 0.0967. The van der Waals surface area contributed by atoms with Crippen molar-refractivity contribution in [3.8, 4) is 11.5 Å². The maximum absolute atomic E-state index is 14.4. The highest BCUT2D eigenvalue weighted by Crippen LogP contribution is 2.43. The fourth-order valence-electron chi connectivity index (χ4n) is 5.07. The molecule has 44 heavy (non-hydrogen) atoms. The van der Waals surface area contributed by atoms with Gasteiger partial charge in [-0.05, 0) is 70.5 Å². The molecule has 0 unspecified atom stereocenters. The minimum atomic E-state index is -1.39. The molecule has 0 spiro atoms. The van der Waals surface area contributed by atoms with Gasteiger partial charge in [-0.25, -0.2) is 4.99 Å². The summed E-state index contributed by atoms with van der Waals surface area (Å²) in [6, 6.07) is 22.4. The number of azide groups is 1. The topological polar surface area (TPSA) is 138 Å². The molecule has 2 N–H and O–H groups in total. The number of nitrogens with zero attached hydrogens (tertiary/aromatic N) is 4. The van der Waals surface area contributed by atoms with Crippen LogP contribution in [0.25, 0.3) is 10.4 Å². The van der Waals surface area contributed by atoms with E-state index in [-0.39, 0.29) is 30.9 Å². The number of hydrogen-bond donors (Lipinski definition) is 2. The van der Waals surface area contributed by atoms with Crippen molar-refractivity contribution in [1.82, 2.24) is 5.32 Å². The van der Waals surface area contributed by atoms with Crippen LogP contribution in [-0.4, -0.2) is 49.3 Å². The van der Waals surface area contributed by atoms with E-state index >= 15 is 0 Å². The molecule has 3 aromatic rings. The van der Waals surface area contributed by atoms with Crippen molar-refractivity contribution in [2.24, 2.45) is 15.5 Å². The van der Waals surface area contributed by atoms with Crippen LogP contribution in [0.4, 0.5) is 0 Å². The Bertz CT molecular complexity index is 1490. The molecule has 0 bridgehead atoms. The Morgan fingerprint density at radius 1 is 1.09 bits per heavy atom. The van der Waals surface area contributed by atoms with Gasteiger partial charge in [0.15, 0.2) is 11.6 Å². The number of rotatable bonds is 14. The van der Waals surface area contributed by atoms with Crippen LogP contribution in [0.3, 0.4) is 0 Å². The number of nitrogens with one attached hydrogen (secondary N) is 1. The molecule has 10 nitrogen and oxygen atoms in total. The standard InChI is InChI=1S/C34H41N5O5/c1-33(2,3)17-18-36-32(41)34(22-26-9-5-6-10-27(26)23-37-39-35)30(25-11-7-12-29(21-25)42-4)44-31(38-34)24-13-15-28(16-14-24)43-20-8-19-40/h5-7,9-16,21,30,40H,8,17-20,22-23H2,1-4H3,(H,36,41)/t30-,34-/m1/s1. The fourth-order valence-corrected chi connectivity index (χ4v) is 5.07. The number of ether oxygens (including phenoxy) is 3. The second-order valence-electron chi connectivity index (χ2n) is 12.0. The Balaban J connectivity index is 1.82. The lowest BCUT2D eigenvalue weighted by molar-refractivity contribution is -0.129. The predicted octanol–water partition coefficient (Wildman–Crippen LogP) is 6.32. The number of amides is 1. The molecule has 0 saturated carbocycles. The molecule has 1 aliphatic rings. The van der Waals surface area contributed by atoms with Crippen LogP contribution in [0.1, 0.15) is 62.0 Å². The van der Waals surface area contributed by atoms with Gasteiger partial charge in [0.2, 0.25) is 5.90 Å². The van der Waals surface area contributed by atoms with Gasteiger partial charge in [0.1, 0.15) is 11.5 Å². The largest absolute Gasteiger partial charge is 0.497 e. The zero-order valence-electron chi connectivity index (χ0n) is 25.8. The average molecular weight is 600 g/mol. The Labute approximate surface area is 258 Å². The van der Waals surface area contributed by atoms with Gasteiger partial charge < -0.3 is 24.6 Å². The molecule has 3 aromatic carbocycles. The van der Waals surface area contributed by atoms with Crippen molar-refractivity contribution < 1.29 is 24.1 Å². The molecule has 2 atom stereocenters. The molecule has 10 heteroatoms.